The number of hydrazone groups is 1. The maximum atomic E-state index is 12.5. The molecule has 0 aliphatic rings. The molecule has 2 aromatic heterocycles. The topological polar surface area (TPSA) is 87.2 Å². The van der Waals surface area contributed by atoms with Crippen molar-refractivity contribution in [2.45, 2.75) is 40.4 Å². The summed E-state index contributed by atoms with van der Waals surface area (Å²) in [6.45, 7) is 8.25. The molecule has 0 atom stereocenters. The number of ether oxygens (including phenoxy) is 3. The Balaban J connectivity index is 1.32. The highest BCUT2D eigenvalue weighted by Gasteiger charge is 2.14. The molecule has 0 saturated heterocycles. The van der Waals surface area contributed by atoms with E-state index in [2.05, 4.69) is 63.7 Å². The molecular formula is C29H30IN3O5. The summed E-state index contributed by atoms with van der Waals surface area (Å²) >= 11 is 2.18. The van der Waals surface area contributed by atoms with E-state index in [1.54, 1.807) is 25.3 Å². The Kier molecular flexibility index (Phi) is 8.77. The van der Waals surface area contributed by atoms with Crippen molar-refractivity contribution in [3.8, 4) is 22.9 Å². The summed E-state index contributed by atoms with van der Waals surface area (Å²) in [7, 11) is 1.58. The number of rotatable bonds is 10. The highest BCUT2D eigenvalue weighted by atomic mass is 127. The summed E-state index contributed by atoms with van der Waals surface area (Å²) in [4.78, 5) is 12.5. The molecule has 0 aliphatic carbocycles. The summed E-state index contributed by atoms with van der Waals surface area (Å²) in [5.74, 6) is 2.19. The van der Waals surface area contributed by atoms with Crippen molar-refractivity contribution in [2.24, 2.45) is 5.10 Å². The van der Waals surface area contributed by atoms with Gasteiger partial charge in [-0.15, -0.1) is 0 Å². The number of aryl methyl sites for hydroxylation is 2. The van der Waals surface area contributed by atoms with Crippen LogP contribution in [0.25, 0.3) is 5.69 Å². The largest absolute Gasteiger partial charge is 0.493 e. The lowest BCUT2D eigenvalue weighted by atomic mass is 10.2. The van der Waals surface area contributed by atoms with Crippen LogP contribution in [0.15, 0.2) is 70.2 Å². The van der Waals surface area contributed by atoms with E-state index in [1.165, 1.54) is 17.6 Å². The van der Waals surface area contributed by atoms with Gasteiger partial charge in [0.15, 0.2) is 17.3 Å². The van der Waals surface area contributed by atoms with Crippen LogP contribution >= 0.6 is 22.6 Å². The number of carbonyl (C=O) groups is 1. The number of hydrogen-bond acceptors (Lipinski definition) is 6. The number of amides is 1. The third-order valence-electron chi connectivity index (χ3n) is 5.62. The Bertz CT molecular complexity index is 1420. The molecule has 2 aromatic carbocycles. The second kappa shape index (κ2) is 12.2. The normalized spacial score (nSPS) is 11.2. The van der Waals surface area contributed by atoms with Gasteiger partial charge in [0.05, 0.1) is 23.0 Å². The Morgan fingerprint density at radius 3 is 2.45 bits per heavy atom. The molecule has 0 radical (unpaired) electrons. The van der Waals surface area contributed by atoms with Crippen LogP contribution in [-0.2, 0) is 6.61 Å². The number of nitrogens with zero attached hydrogens (tertiary/aromatic N) is 2. The fraction of sp³-hybridized carbons (Fsp3) is 0.241. The first-order valence-electron chi connectivity index (χ1n) is 12.1. The van der Waals surface area contributed by atoms with Crippen molar-refractivity contribution < 1.29 is 23.4 Å². The van der Waals surface area contributed by atoms with Gasteiger partial charge in [-0.3, -0.25) is 4.79 Å². The quantitative estimate of drug-likeness (QED) is 0.124. The minimum Gasteiger partial charge on any atom is -0.493 e. The number of carbonyl (C=O) groups excluding carboxylic acids is 1. The lowest BCUT2D eigenvalue weighted by molar-refractivity contribution is 0.0923. The molecule has 198 valence electrons. The van der Waals surface area contributed by atoms with E-state index in [4.69, 9.17) is 18.6 Å². The molecule has 2 heterocycles. The number of hydrogen-bond donors (Lipinski definition) is 1. The molecule has 0 saturated carbocycles. The predicted molar refractivity (Wildman–Crippen MR) is 155 cm³/mol. The molecule has 4 rings (SSSR count). The van der Waals surface area contributed by atoms with Crippen LogP contribution < -0.4 is 19.6 Å². The minimum absolute atomic E-state index is 0.0177. The Morgan fingerprint density at radius 2 is 1.79 bits per heavy atom. The van der Waals surface area contributed by atoms with E-state index in [-0.39, 0.29) is 18.5 Å². The van der Waals surface area contributed by atoms with Gasteiger partial charge in [0.1, 0.15) is 18.1 Å². The van der Waals surface area contributed by atoms with E-state index >= 15 is 0 Å². The van der Waals surface area contributed by atoms with Crippen molar-refractivity contribution in [1.82, 2.24) is 9.99 Å². The Labute approximate surface area is 235 Å². The molecule has 4 aromatic rings. The van der Waals surface area contributed by atoms with Crippen LogP contribution in [0.5, 0.6) is 17.2 Å². The highest BCUT2D eigenvalue weighted by Crippen LogP contribution is 2.34. The van der Waals surface area contributed by atoms with Crippen molar-refractivity contribution >= 4 is 34.7 Å². The van der Waals surface area contributed by atoms with Gasteiger partial charge in [0.2, 0.25) is 0 Å². The maximum Gasteiger partial charge on any atom is 0.307 e. The van der Waals surface area contributed by atoms with Gasteiger partial charge < -0.3 is 23.2 Å². The molecule has 0 bridgehead atoms. The Morgan fingerprint density at radius 1 is 1.08 bits per heavy atom. The summed E-state index contributed by atoms with van der Waals surface area (Å²) < 4.78 is 25.8. The van der Waals surface area contributed by atoms with Gasteiger partial charge >= 0.3 is 5.91 Å². The smallest absolute Gasteiger partial charge is 0.307 e. The van der Waals surface area contributed by atoms with Crippen LogP contribution in [0.3, 0.4) is 0 Å². The fourth-order valence-electron chi connectivity index (χ4n) is 3.88. The van der Waals surface area contributed by atoms with E-state index in [0.29, 0.717) is 23.0 Å². The summed E-state index contributed by atoms with van der Waals surface area (Å²) in [6, 6.07) is 19.0. The number of methoxy groups -OCH3 is 1. The van der Waals surface area contributed by atoms with Gasteiger partial charge in [-0.25, -0.2) is 5.43 Å². The van der Waals surface area contributed by atoms with Crippen LogP contribution in [-0.4, -0.2) is 29.9 Å². The van der Waals surface area contributed by atoms with Gasteiger partial charge in [0, 0.05) is 17.1 Å². The molecule has 8 nitrogen and oxygen atoms in total. The predicted octanol–water partition coefficient (Wildman–Crippen LogP) is 6.43. The van der Waals surface area contributed by atoms with Crippen LogP contribution in [0.4, 0.5) is 0 Å². The van der Waals surface area contributed by atoms with Crippen LogP contribution in [0.1, 0.15) is 47.1 Å². The molecule has 0 aliphatic heterocycles. The van der Waals surface area contributed by atoms with Crippen molar-refractivity contribution in [3.05, 3.63) is 92.7 Å². The van der Waals surface area contributed by atoms with Gasteiger partial charge in [-0.05, 0) is 117 Å². The fourth-order valence-corrected chi connectivity index (χ4v) is 4.64. The van der Waals surface area contributed by atoms with E-state index < -0.39 is 5.91 Å². The number of benzene rings is 2. The average molecular weight is 627 g/mol. The first kappa shape index (κ1) is 27.3. The number of nitrogens with one attached hydrogen (secondary N) is 1. The lowest BCUT2D eigenvalue weighted by Crippen LogP contribution is -2.16. The van der Waals surface area contributed by atoms with Crippen molar-refractivity contribution in [3.63, 3.8) is 0 Å². The second-order valence-corrected chi connectivity index (χ2v) is 10.1. The zero-order valence-corrected chi connectivity index (χ0v) is 24.1. The first-order valence-corrected chi connectivity index (χ1v) is 13.2. The zero-order chi connectivity index (χ0) is 27.2. The molecule has 0 fully saturated rings. The molecule has 38 heavy (non-hydrogen) atoms. The molecule has 0 unspecified atom stereocenters. The lowest BCUT2D eigenvalue weighted by Gasteiger charge is -2.15. The Hall–Kier alpha value is -3.73. The first-order chi connectivity index (χ1) is 18.2. The third kappa shape index (κ3) is 6.58. The van der Waals surface area contributed by atoms with Gasteiger partial charge in [0.25, 0.3) is 0 Å². The average Bonchev–Trinajstić information content (AvgIpc) is 3.50. The molecule has 1 amide bonds. The maximum absolute atomic E-state index is 12.5. The molecule has 1 N–H and O–H groups in total. The number of furan rings is 1. The summed E-state index contributed by atoms with van der Waals surface area (Å²) in [5, 5.41) is 4.05. The third-order valence-corrected chi connectivity index (χ3v) is 6.42. The van der Waals surface area contributed by atoms with E-state index in [9.17, 15) is 4.79 Å². The summed E-state index contributed by atoms with van der Waals surface area (Å²) in [5.41, 5.74) is 6.66. The monoisotopic (exact) mass is 627 g/mol. The van der Waals surface area contributed by atoms with Crippen molar-refractivity contribution in [1.29, 1.82) is 0 Å². The zero-order valence-electron chi connectivity index (χ0n) is 21.9. The van der Waals surface area contributed by atoms with Crippen LogP contribution in [0, 0.1) is 17.4 Å². The number of aromatic nitrogens is 1. The van der Waals surface area contributed by atoms with Crippen LogP contribution in [0.2, 0.25) is 0 Å². The molecular weight excluding hydrogens is 597 g/mol. The van der Waals surface area contributed by atoms with E-state index in [0.717, 1.165) is 14.8 Å². The molecule has 0 spiro atoms. The SMILES string of the molecule is COc1cc(/C=N/NC(=O)c2ccc(COc3ccc(-n4c(C)ccc4C)cc3)o2)cc(I)c1OC(C)C. The summed E-state index contributed by atoms with van der Waals surface area (Å²) in [6.07, 6.45) is 1.55. The standard InChI is InChI=1S/C29H30IN3O5/c1-18(2)37-28-25(30)14-21(15-27(28)35-5)16-31-32-29(34)26-13-12-24(38-26)17-36-23-10-8-22(9-11-23)33-19(3)6-7-20(33)4/h6-16,18H,17H2,1-5H3,(H,32,34)/b31-16+. The highest BCUT2D eigenvalue weighted by molar-refractivity contribution is 14.1. The van der Waals surface area contributed by atoms with Gasteiger partial charge in [-0.1, -0.05) is 0 Å². The molecule has 9 heteroatoms. The second-order valence-electron chi connectivity index (χ2n) is 8.90. The minimum atomic E-state index is -0.462. The van der Waals surface area contributed by atoms with E-state index in [1.807, 2.05) is 44.2 Å². The van der Waals surface area contributed by atoms with Gasteiger partial charge in [-0.2, -0.15) is 5.10 Å². The number of halogens is 1. The van der Waals surface area contributed by atoms with Crippen molar-refractivity contribution in [2.75, 3.05) is 7.11 Å².